The fourth-order valence-electron chi connectivity index (χ4n) is 3.12. The number of rotatable bonds is 6. The summed E-state index contributed by atoms with van der Waals surface area (Å²) >= 11 is 7.32. The monoisotopic (exact) mass is 380 g/mol. The number of aromatic carboxylic acids is 1. The van der Waals surface area contributed by atoms with Crippen molar-refractivity contribution in [2.24, 2.45) is 5.73 Å². The molecule has 2 aromatic rings. The highest BCUT2D eigenvalue weighted by molar-refractivity contribution is 7.18. The number of carbonyl (C=O) groups is 1. The van der Waals surface area contributed by atoms with Crippen LogP contribution >= 0.6 is 22.9 Å². The summed E-state index contributed by atoms with van der Waals surface area (Å²) in [5, 5.41) is 11.3. The molecule has 1 unspecified atom stereocenters. The van der Waals surface area contributed by atoms with Crippen molar-refractivity contribution in [3.63, 3.8) is 0 Å². The molecule has 1 fully saturated rings. The van der Waals surface area contributed by atoms with E-state index in [4.69, 9.17) is 22.1 Å². The van der Waals surface area contributed by atoms with E-state index in [2.05, 4.69) is 4.90 Å². The topological polar surface area (TPSA) is 75.8 Å². The fourth-order valence-corrected chi connectivity index (χ4v) is 4.36. The number of ether oxygens (including phenoxy) is 1. The molecule has 1 aliphatic rings. The number of thiophene rings is 1. The Morgan fingerprint density at radius 2 is 2.00 bits per heavy atom. The lowest BCUT2D eigenvalue weighted by Crippen LogP contribution is -2.35. The van der Waals surface area contributed by atoms with Gasteiger partial charge in [-0.05, 0) is 42.3 Å². The minimum Gasteiger partial charge on any atom is -0.477 e. The summed E-state index contributed by atoms with van der Waals surface area (Å²) in [6.45, 7) is 3.37. The normalized spacial score (nSPS) is 16.0. The molecule has 1 aromatic carbocycles. The minimum absolute atomic E-state index is 0.0561. The Bertz CT molecular complexity index is 726. The van der Waals surface area contributed by atoms with E-state index >= 15 is 0 Å². The lowest BCUT2D eigenvalue weighted by Gasteiger charge is -2.27. The van der Waals surface area contributed by atoms with E-state index in [9.17, 15) is 9.90 Å². The number of anilines is 1. The fraction of sp³-hybridized carbons (Fsp3) is 0.389. The number of carboxylic acids is 1. The summed E-state index contributed by atoms with van der Waals surface area (Å²) in [7, 11) is 0. The van der Waals surface area contributed by atoms with Gasteiger partial charge in [0.15, 0.2) is 0 Å². The molecule has 25 heavy (non-hydrogen) atoms. The molecule has 3 N–H and O–H groups in total. The molecule has 0 radical (unpaired) electrons. The average Bonchev–Trinajstić information content (AvgIpc) is 3.07. The maximum absolute atomic E-state index is 11.8. The van der Waals surface area contributed by atoms with Gasteiger partial charge in [-0.25, -0.2) is 4.79 Å². The molecule has 0 saturated carbocycles. The first-order chi connectivity index (χ1) is 12.1. The largest absolute Gasteiger partial charge is 0.477 e. The Morgan fingerprint density at radius 3 is 2.60 bits per heavy atom. The molecule has 0 amide bonds. The summed E-state index contributed by atoms with van der Waals surface area (Å²) in [5.41, 5.74) is 7.67. The van der Waals surface area contributed by atoms with Crippen LogP contribution in [0.25, 0.3) is 0 Å². The number of hydrogen-bond donors (Lipinski definition) is 2. The summed E-state index contributed by atoms with van der Waals surface area (Å²) in [6, 6.07) is 9.56. The molecule has 0 spiro atoms. The molecule has 1 aromatic heterocycles. The Kier molecular flexibility index (Phi) is 5.96. The first kappa shape index (κ1) is 18.2. The molecule has 2 heterocycles. The van der Waals surface area contributed by atoms with Crippen molar-refractivity contribution in [1.29, 1.82) is 0 Å². The zero-order valence-electron chi connectivity index (χ0n) is 13.8. The third-order valence-electron chi connectivity index (χ3n) is 4.37. The van der Waals surface area contributed by atoms with E-state index in [-0.39, 0.29) is 5.92 Å². The maximum Gasteiger partial charge on any atom is 0.346 e. The number of benzene rings is 1. The predicted octanol–water partition coefficient (Wildman–Crippen LogP) is 3.42. The highest BCUT2D eigenvalue weighted by Gasteiger charge is 2.26. The van der Waals surface area contributed by atoms with Crippen molar-refractivity contribution < 1.29 is 14.6 Å². The predicted molar refractivity (Wildman–Crippen MR) is 101 cm³/mol. The van der Waals surface area contributed by atoms with Gasteiger partial charge in [-0.2, -0.15) is 0 Å². The third-order valence-corrected chi connectivity index (χ3v) is 5.82. The summed E-state index contributed by atoms with van der Waals surface area (Å²) < 4.78 is 5.39. The maximum atomic E-state index is 11.8. The van der Waals surface area contributed by atoms with E-state index in [1.165, 1.54) is 11.3 Å². The molecular weight excluding hydrogens is 360 g/mol. The number of halogens is 1. The lowest BCUT2D eigenvalue weighted by molar-refractivity contribution is 0.0700. The van der Waals surface area contributed by atoms with Crippen LogP contribution in [0.3, 0.4) is 0 Å². The van der Waals surface area contributed by atoms with Crippen molar-refractivity contribution >= 4 is 33.9 Å². The second-order valence-corrected chi connectivity index (χ2v) is 7.42. The van der Waals surface area contributed by atoms with Crippen molar-refractivity contribution in [3.8, 4) is 0 Å². The molecular formula is C18H21ClN2O3S. The minimum atomic E-state index is -0.893. The Morgan fingerprint density at radius 1 is 1.32 bits per heavy atom. The molecule has 3 rings (SSSR count). The molecule has 134 valence electrons. The van der Waals surface area contributed by atoms with Crippen LogP contribution in [0.4, 0.5) is 5.00 Å². The first-order valence-corrected chi connectivity index (χ1v) is 9.45. The average molecular weight is 381 g/mol. The number of nitrogens with zero attached hydrogens (tertiary/aromatic N) is 1. The lowest BCUT2D eigenvalue weighted by atomic mass is 9.88. The highest BCUT2D eigenvalue weighted by Crippen LogP contribution is 2.39. The zero-order chi connectivity index (χ0) is 17.8. The van der Waals surface area contributed by atoms with Crippen LogP contribution in [-0.4, -0.2) is 43.9 Å². The van der Waals surface area contributed by atoms with Crippen LogP contribution in [0.1, 0.15) is 33.1 Å². The molecule has 0 aliphatic carbocycles. The van der Waals surface area contributed by atoms with E-state index in [1.54, 1.807) is 0 Å². The Balaban J connectivity index is 2.00. The van der Waals surface area contributed by atoms with Crippen LogP contribution in [0.2, 0.25) is 5.02 Å². The van der Waals surface area contributed by atoms with E-state index < -0.39 is 5.97 Å². The molecule has 7 heteroatoms. The van der Waals surface area contributed by atoms with Gasteiger partial charge < -0.3 is 20.5 Å². The standard InChI is InChI=1S/C18H21ClN2O3S/c19-13-3-1-12(2-4-13)14(5-6-20)15-11-16(25-17(15)18(22)23)21-7-9-24-10-8-21/h1-4,11,14H,5-10,20H2,(H,22,23). The van der Waals surface area contributed by atoms with Crippen LogP contribution in [-0.2, 0) is 4.74 Å². The second kappa shape index (κ2) is 8.19. The summed E-state index contributed by atoms with van der Waals surface area (Å²) in [5.74, 6) is -0.949. The van der Waals surface area contributed by atoms with Crippen molar-refractivity contribution in [2.75, 3.05) is 37.7 Å². The number of morpholine rings is 1. The van der Waals surface area contributed by atoms with Crippen LogP contribution < -0.4 is 10.6 Å². The van der Waals surface area contributed by atoms with Crippen LogP contribution in [0.15, 0.2) is 30.3 Å². The zero-order valence-corrected chi connectivity index (χ0v) is 15.4. The van der Waals surface area contributed by atoms with Gasteiger partial charge in [0.05, 0.1) is 18.2 Å². The van der Waals surface area contributed by atoms with Gasteiger partial charge in [-0.1, -0.05) is 23.7 Å². The van der Waals surface area contributed by atoms with E-state index in [1.807, 2.05) is 30.3 Å². The molecule has 1 aliphatic heterocycles. The Hall–Kier alpha value is -1.60. The van der Waals surface area contributed by atoms with Gasteiger partial charge in [0.2, 0.25) is 0 Å². The second-order valence-electron chi connectivity index (χ2n) is 5.96. The molecule has 5 nitrogen and oxygen atoms in total. The van der Waals surface area contributed by atoms with Crippen molar-refractivity contribution in [1.82, 2.24) is 0 Å². The number of nitrogens with two attached hydrogens (primary N) is 1. The van der Waals surface area contributed by atoms with Crippen LogP contribution in [0, 0.1) is 0 Å². The SMILES string of the molecule is NCCC(c1ccc(Cl)cc1)c1cc(N2CCOCC2)sc1C(=O)O. The van der Waals surface area contributed by atoms with Gasteiger partial charge in [-0.3, -0.25) is 0 Å². The highest BCUT2D eigenvalue weighted by atomic mass is 35.5. The molecule has 1 saturated heterocycles. The van der Waals surface area contributed by atoms with Gasteiger partial charge in [0, 0.05) is 24.0 Å². The van der Waals surface area contributed by atoms with Crippen LogP contribution in [0.5, 0.6) is 0 Å². The van der Waals surface area contributed by atoms with Gasteiger partial charge in [0.25, 0.3) is 0 Å². The smallest absolute Gasteiger partial charge is 0.346 e. The molecule has 0 bridgehead atoms. The molecule has 1 atom stereocenters. The van der Waals surface area contributed by atoms with Crippen molar-refractivity contribution in [2.45, 2.75) is 12.3 Å². The number of carboxylic acid groups (broad SMARTS) is 1. The quantitative estimate of drug-likeness (QED) is 0.803. The van der Waals surface area contributed by atoms with Gasteiger partial charge in [0.1, 0.15) is 4.88 Å². The summed E-state index contributed by atoms with van der Waals surface area (Å²) in [6.07, 6.45) is 0.682. The summed E-state index contributed by atoms with van der Waals surface area (Å²) in [4.78, 5) is 14.4. The number of hydrogen-bond acceptors (Lipinski definition) is 5. The Labute approximate surface area is 156 Å². The van der Waals surface area contributed by atoms with Crippen molar-refractivity contribution in [3.05, 3.63) is 51.4 Å². The van der Waals surface area contributed by atoms with Gasteiger partial charge >= 0.3 is 5.97 Å². The van der Waals surface area contributed by atoms with E-state index in [0.717, 1.165) is 29.2 Å². The first-order valence-electron chi connectivity index (χ1n) is 8.25. The third kappa shape index (κ3) is 4.15. The van der Waals surface area contributed by atoms with Gasteiger partial charge in [-0.15, -0.1) is 11.3 Å². The van der Waals surface area contributed by atoms with E-state index in [0.29, 0.717) is 36.1 Å².